The van der Waals surface area contributed by atoms with Gasteiger partial charge < -0.3 is 19.9 Å². The average molecular weight is 451 g/mol. The number of methoxy groups -OCH3 is 1. The minimum Gasteiger partial charge on any atom is -0.478 e. The molecule has 0 amide bonds. The van der Waals surface area contributed by atoms with Crippen LogP contribution in [0.4, 0.5) is 18.9 Å². The summed E-state index contributed by atoms with van der Waals surface area (Å²) in [4.78, 5) is 16.7. The van der Waals surface area contributed by atoms with E-state index in [0.29, 0.717) is 6.61 Å². The number of carbonyl (C=O) groups is 1. The Hall–Kier alpha value is -3.67. The first-order valence-corrected chi connectivity index (χ1v) is 9.38. The van der Waals surface area contributed by atoms with Crippen LogP contribution >= 0.6 is 0 Å². The summed E-state index contributed by atoms with van der Waals surface area (Å²) in [7, 11) is 1.51. The number of hydrogen-bond donors (Lipinski definition) is 2. The summed E-state index contributed by atoms with van der Waals surface area (Å²) in [6.45, 7) is 2.11. The first-order valence-electron chi connectivity index (χ1n) is 9.38. The lowest BCUT2D eigenvalue weighted by molar-refractivity contribution is -0.138. The molecule has 3 aromatic rings. The molecule has 0 unspecified atom stereocenters. The number of pyridine rings is 1. The van der Waals surface area contributed by atoms with Crippen molar-refractivity contribution in [2.45, 2.75) is 25.7 Å². The molecule has 0 spiro atoms. The Labute approximate surface area is 180 Å². The molecule has 1 atom stereocenters. The van der Waals surface area contributed by atoms with Gasteiger partial charge in [0.15, 0.2) is 0 Å². The Kier molecular flexibility index (Phi) is 6.93. The molecule has 0 saturated carbocycles. The van der Waals surface area contributed by atoms with Crippen molar-refractivity contribution >= 4 is 11.7 Å². The number of nitrogens with one attached hydrogen (secondary N) is 1. The SMILES string of the molecule is COC[C@H](C)Nc1ccc(Oc2ncc(Cn3nccn3)cc2C(F)(F)F)cc1C(=O)O. The number of alkyl halides is 3. The fourth-order valence-corrected chi connectivity index (χ4v) is 2.91. The van der Waals surface area contributed by atoms with E-state index >= 15 is 0 Å². The van der Waals surface area contributed by atoms with Gasteiger partial charge in [-0.3, -0.25) is 0 Å². The zero-order valence-electron chi connectivity index (χ0n) is 17.1. The lowest BCUT2D eigenvalue weighted by atomic mass is 10.1. The lowest BCUT2D eigenvalue weighted by Gasteiger charge is -2.18. The van der Waals surface area contributed by atoms with Crippen LogP contribution in [0, 0.1) is 0 Å². The Balaban J connectivity index is 1.89. The Morgan fingerprint density at radius 2 is 1.97 bits per heavy atom. The summed E-state index contributed by atoms with van der Waals surface area (Å²) in [6, 6.07) is 4.60. The summed E-state index contributed by atoms with van der Waals surface area (Å²) in [5.74, 6) is -2.07. The maximum absolute atomic E-state index is 13.6. The molecule has 1 aromatic carbocycles. The van der Waals surface area contributed by atoms with Crippen molar-refractivity contribution < 1.29 is 32.5 Å². The number of halogens is 3. The van der Waals surface area contributed by atoms with E-state index in [1.807, 2.05) is 0 Å². The second-order valence-corrected chi connectivity index (χ2v) is 6.87. The Morgan fingerprint density at radius 1 is 1.25 bits per heavy atom. The predicted molar refractivity (Wildman–Crippen MR) is 107 cm³/mol. The largest absolute Gasteiger partial charge is 0.478 e. The van der Waals surface area contributed by atoms with Gasteiger partial charge in [0.1, 0.15) is 11.3 Å². The zero-order chi connectivity index (χ0) is 23.3. The van der Waals surface area contributed by atoms with Crippen LogP contribution in [-0.4, -0.2) is 50.8 Å². The lowest BCUT2D eigenvalue weighted by Crippen LogP contribution is -2.22. The van der Waals surface area contributed by atoms with Gasteiger partial charge in [-0.1, -0.05) is 0 Å². The maximum atomic E-state index is 13.6. The first-order chi connectivity index (χ1) is 15.2. The number of ether oxygens (including phenoxy) is 2. The molecule has 0 fully saturated rings. The molecule has 170 valence electrons. The molecule has 9 nitrogen and oxygen atoms in total. The van der Waals surface area contributed by atoms with Crippen LogP contribution in [0.2, 0.25) is 0 Å². The molecule has 0 aliphatic heterocycles. The number of carboxylic acid groups (broad SMARTS) is 1. The highest BCUT2D eigenvalue weighted by Crippen LogP contribution is 2.38. The second-order valence-electron chi connectivity index (χ2n) is 6.87. The van der Waals surface area contributed by atoms with E-state index in [1.165, 1.54) is 42.6 Å². The van der Waals surface area contributed by atoms with Crippen LogP contribution in [0.25, 0.3) is 0 Å². The van der Waals surface area contributed by atoms with Crippen molar-refractivity contribution in [3.05, 3.63) is 59.5 Å². The summed E-state index contributed by atoms with van der Waals surface area (Å²) in [5, 5.41) is 20.2. The molecule has 3 rings (SSSR count). The monoisotopic (exact) mass is 451 g/mol. The summed E-state index contributed by atoms with van der Waals surface area (Å²) >= 11 is 0. The van der Waals surface area contributed by atoms with Gasteiger partial charge in [0.05, 0.1) is 31.1 Å². The number of hydrogen-bond acceptors (Lipinski definition) is 7. The molecule has 0 radical (unpaired) electrons. The predicted octanol–water partition coefficient (Wildman–Crippen LogP) is 3.68. The van der Waals surface area contributed by atoms with Gasteiger partial charge in [-0.2, -0.15) is 28.2 Å². The van der Waals surface area contributed by atoms with Gasteiger partial charge in [-0.25, -0.2) is 9.78 Å². The molecule has 0 aliphatic rings. The third kappa shape index (κ3) is 5.72. The van der Waals surface area contributed by atoms with E-state index in [0.717, 1.165) is 12.1 Å². The summed E-state index contributed by atoms with van der Waals surface area (Å²) < 4.78 is 51.2. The van der Waals surface area contributed by atoms with Crippen LogP contribution in [0.5, 0.6) is 11.6 Å². The number of carboxylic acids is 1. The standard InChI is InChI=1S/C20H20F3N5O4/c1-12(11-31-2)27-17-4-3-14(8-15(17)19(29)30)32-18-16(20(21,22)23)7-13(9-24-18)10-28-25-5-6-26-28/h3-9,12,27H,10-11H2,1-2H3,(H,29,30)/t12-/m0/s1. The minimum absolute atomic E-state index is 0.00739. The number of aromatic nitrogens is 4. The fraction of sp³-hybridized carbons (Fsp3) is 0.300. The second kappa shape index (κ2) is 9.64. The third-order valence-electron chi connectivity index (χ3n) is 4.26. The van der Waals surface area contributed by atoms with E-state index in [1.54, 1.807) is 6.92 Å². The van der Waals surface area contributed by atoms with Crippen molar-refractivity contribution in [3.8, 4) is 11.6 Å². The van der Waals surface area contributed by atoms with Crippen LogP contribution < -0.4 is 10.1 Å². The van der Waals surface area contributed by atoms with Crippen LogP contribution in [0.3, 0.4) is 0 Å². The smallest absolute Gasteiger partial charge is 0.421 e. The van der Waals surface area contributed by atoms with Crippen molar-refractivity contribution in [1.29, 1.82) is 0 Å². The molecule has 2 aromatic heterocycles. The number of nitrogens with zero attached hydrogens (tertiary/aromatic N) is 4. The minimum atomic E-state index is -4.75. The maximum Gasteiger partial charge on any atom is 0.421 e. The highest BCUT2D eigenvalue weighted by molar-refractivity contribution is 5.94. The van der Waals surface area contributed by atoms with E-state index in [4.69, 9.17) is 9.47 Å². The van der Waals surface area contributed by atoms with Crippen LogP contribution in [0.1, 0.15) is 28.4 Å². The number of rotatable bonds is 9. The molecule has 0 aliphatic carbocycles. The number of anilines is 1. The van der Waals surface area contributed by atoms with Gasteiger partial charge in [-0.05, 0) is 36.8 Å². The molecule has 32 heavy (non-hydrogen) atoms. The van der Waals surface area contributed by atoms with Crippen LogP contribution in [0.15, 0.2) is 42.9 Å². The first kappa shape index (κ1) is 23.0. The normalized spacial score (nSPS) is 12.4. The topological polar surface area (TPSA) is 111 Å². The molecule has 0 saturated heterocycles. The molecule has 2 heterocycles. The molecule has 0 bridgehead atoms. The number of aromatic carboxylic acids is 1. The fourth-order valence-electron chi connectivity index (χ4n) is 2.91. The van der Waals surface area contributed by atoms with E-state index < -0.39 is 23.6 Å². The highest BCUT2D eigenvalue weighted by Gasteiger charge is 2.36. The quantitative estimate of drug-likeness (QED) is 0.507. The van der Waals surface area contributed by atoms with Crippen molar-refractivity contribution in [3.63, 3.8) is 0 Å². The van der Waals surface area contributed by atoms with E-state index in [2.05, 4.69) is 20.5 Å². The Bertz CT molecular complexity index is 1070. The summed E-state index contributed by atoms with van der Waals surface area (Å²) in [5.41, 5.74) is -0.769. The van der Waals surface area contributed by atoms with Crippen molar-refractivity contribution in [2.24, 2.45) is 0 Å². The van der Waals surface area contributed by atoms with Gasteiger partial charge in [0, 0.05) is 25.0 Å². The molecular weight excluding hydrogens is 431 g/mol. The third-order valence-corrected chi connectivity index (χ3v) is 4.26. The molecule has 2 N–H and O–H groups in total. The van der Waals surface area contributed by atoms with Gasteiger partial charge in [-0.15, -0.1) is 0 Å². The summed E-state index contributed by atoms with van der Waals surface area (Å²) in [6.07, 6.45) is -0.717. The van der Waals surface area contributed by atoms with Crippen molar-refractivity contribution in [1.82, 2.24) is 20.0 Å². The van der Waals surface area contributed by atoms with Gasteiger partial charge >= 0.3 is 12.1 Å². The molecule has 12 heteroatoms. The van der Waals surface area contributed by atoms with Gasteiger partial charge in [0.2, 0.25) is 5.88 Å². The molecular formula is C20H20F3N5O4. The average Bonchev–Trinajstić information content (AvgIpc) is 3.22. The zero-order valence-corrected chi connectivity index (χ0v) is 17.1. The number of benzene rings is 1. The van der Waals surface area contributed by atoms with Crippen LogP contribution in [-0.2, 0) is 17.5 Å². The van der Waals surface area contributed by atoms with Crippen molar-refractivity contribution in [2.75, 3.05) is 19.0 Å². The van der Waals surface area contributed by atoms with E-state index in [-0.39, 0.29) is 35.2 Å². The van der Waals surface area contributed by atoms with E-state index in [9.17, 15) is 23.1 Å². The van der Waals surface area contributed by atoms with Gasteiger partial charge in [0.25, 0.3) is 0 Å². The highest BCUT2D eigenvalue weighted by atomic mass is 19.4. The Morgan fingerprint density at radius 3 is 2.59 bits per heavy atom.